The highest BCUT2D eigenvalue weighted by atomic mass is 16.7. The third-order valence-electron chi connectivity index (χ3n) is 2.79. The van der Waals surface area contributed by atoms with Crippen LogP contribution in [0.25, 0.3) is 0 Å². The highest BCUT2D eigenvalue weighted by molar-refractivity contribution is 5.56. The summed E-state index contributed by atoms with van der Waals surface area (Å²) in [6, 6.07) is 2.37. The summed E-state index contributed by atoms with van der Waals surface area (Å²) in [6.07, 6.45) is 0.962. The molecule has 0 aliphatic carbocycles. The Morgan fingerprint density at radius 2 is 2.11 bits per heavy atom. The summed E-state index contributed by atoms with van der Waals surface area (Å²) >= 11 is 0. The van der Waals surface area contributed by atoms with Crippen LogP contribution in [0.3, 0.4) is 0 Å². The van der Waals surface area contributed by atoms with Gasteiger partial charge in [-0.1, -0.05) is 0 Å². The lowest BCUT2D eigenvalue weighted by Crippen LogP contribution is -2.13. The first-order valence-electron chi connectivity index (χ1n) is 5.58. The Balaban J connectivity index is 2.35. The molecular weight excluding hydrogens is 240 g/mol. The third kappa shape index (κ3) is 2.36. The molecule has 1 aliphatic heterocycles. The fraction of sp³-hybridized carbons (Fsp3) is 0.455. The minimum Gasteiger partial charge on any atom is -0.454 e. The second kappa shape index (κ2) is 5.19. The maximum atomic E-state index is 11.0. The smallest absolute Gasteiger partial charge is 0.278 e. The van der Waals surface area contributed by atoms with Crippen LogP contribution < -0.4 is 15.2 Å². The molecule has 0 amide bonds. The number of rotatable bonds is 5. The summed E-state index contributed by atoms with van der Waals surface area (Å²) in [7, 11) is 0. The zero-order valence-corrected chi connectivity index (χ0v) is 9.67. The third-order valence-corrected chi connectivity index (χ3v) is 2.79. The van der Waals surface area contributed by atoms with Crippen LogP contribution in [0.1, 0.15) is 24.4 Å². The fourth-order valence-electron chi connectivity index (χ4n) is 1.87. The van der Waals surface area contributed by atoms with Gasteiger partial charge in [0.05, 0.1) is 16.6 Å². The number of nitro groups is 1. The molecule has 0 saturated heterocycles. The summed E-state index contributed by atoms with van der Waals surface area (Å²) < 4.78 is 10.3. The van der Waals surface area contributed by atoms with Gasteiger partial charge in [-0.15, -0.1) is 0 Å². The van der Waals surface area contributed by atoms with E-state index in [1.807, 2.05) is 0 Å². The average molecular weight is 254 g/mol. The second-order valence-electron chi connectivity index (χ2n) is 3.99. The predicted molar refractivity (Wildman–Crippen MR) is 62.5 cm³/mol. The molecular formula is C11H14N2O5. The molecule has 0 saturated carbocycles. The molecule has 1 aromatic rings. The van der Waals surface area contributed by atoms with Crippen LogP contribution in [0, 0.1) is 10.1 Å². The van der Waals surface area contributed by atoms with Crippen LogP contribution in [-0.2, 0) is 0 Å². The van der Waals surface area contributed by atoms with Gasteiger partial charge >= 0.3 is 0 Å². The Kier molecular flexibility index (Phi) is 3.63. The summed E-state index contributed by atoms with van der Waals surface area (Å²) in [5, 5.41) is 19.8. The summed E-state index contributed by atoms with van der Waals surface area (Å²) in [5.41, 5.74) is 6.22. The zero-order chi connectivity index (χ0) is 13.1. The van der Waals surface area contributed by atoms with E-state index in [1.165, 1.54) is 6.07 Å². The van der Waals surface area contributed by atoms with Gasteiger partial charge in [0.15, 0.2) is 11.5 Å². The van der Waals surface area contributed by atoms with Gasteiger partial charge in [0.1, 0.15) is 0 Å². The van der Waals surface area contributed by atoms with Gasteiger partial charge in [0.25, 0.3) is 5.69 Å². The first kappa shape index (κ1) is 12.6. The molecule has 7 heteroatoms. The SMILES string of the molecule is N[C@H](CCCO)c1cc2c(cc1[N+](=O)[O-])OCO2. The zero-order valence-electron chi connectivity index (χ0n) is 9.67. The molecule has 98 valence electrons. The van der Waals surface area contributed by atoms with E-state index >= 15 is 0 Å². The minimum absolute atomic E-state index is 0.00600. The monoisotopic (exact) mass is 254 g/mol. The maximum Gasteiger partial charge on any atom is 0.278 e. The second-order valence-corrected chi connectivity index (χ2v) is 3.99. The van der Waals surface area contributed by atoms with E-state index in [4.69, 9.17) is 20.3 Å². The summed E-state index contributed by atoms with van der Waals surface area (Å²) in [5.74, 6) is 0.829. The number of benzene rings is 1. The van der Waals surface area contributed by atoms with Crippen molar-refractivity contribution >= 4 is 5.69 Å². The van der Waals surface area contributed by atoms with Gasteiger partial charge in [-0.05, 0) is 18.9 Å². The molecule has 1 heterocycles. The molecule has 0 spiro atoms. The molecule has 1 aromatic carbocycles. The van der Waals surface area contributed by atoms with Gasteiger partial charge in [-0.2, -0.15) is 0 Å². The first-order valence-corrected chi connectivity index (χ1v) is 5.58. The van der Waals surface area contributed by atoms with Crippen molar-refractivity contribution in [3.63, 3.8) is 0 Å². The number of nitrogens with two attached hydrogens (primary N) is 1. The number of aliphatic hydroxyl groups excluding tert-OH is 1. The Hall–Kier alpha value is -1.86. The standard InChI is InChI=1S/C11H14N2O5/c12-8(2-1-3-14)7-4-10-11(18-6-17-10)5-9(7)13(15)16/h4-5,8,14H,1-3,6,12H2/t8-/m1/s1. The van der Waals surface area contributed by atoms with Crippen molar-refractivity contribution in [2.24, 2.45) is 5.73 Å². The van der Waals surface area contributed by atoms with Crippen LogP contribution >= 0.6 is 0 Å². The van der Waals surface area contributed by atoms with Crippen LogP contribution in [0.5, 0.6) is 11.5 Å². The molecule has 2 rings (SSSR count). The molecule has 7 nitrogen and oxygen atoms in total. The Bertz CT molecular complexity index is 463. The van der Waals surface area contributed by atoms with Crippen LogP contribution in [0.15, 0.2) is 12.1 Å². The van der Waals surface area contributed by atoms with Crippen molar-refractivity contribution in [1.82, 2.24) is 0 Å². The quantitative estimate of drug-likeness (QED) is 0.601. The lowest BCUT2D eigenvalue weighted by Gasteiger charge is -2.12. The highest BCUT2D eigenvalue weighted by Gasteiger charge is 2.26. The molecule has 0 radical (unpaired) electrons. The number of hydrogen-bond acceptors (Lipinski definition) is 6. The molecule has 1 atom stereocenters. The minimum atomic E-state index is -0.507. The largest absolute Gasteiger partial charge is 0.454 e. The van der Waals surface area contributed by atoms with E-state index in [-0.39, 0.29) is 19.1 Å². The molecule has 0 fully saturated rings. The molecule has 3 N–H and O–H groups in total. The lowest BCUT2D eigenvalue weighted by atomic mass is 10.0. The van der Waals surface area contributed by atoms with E-state index in [0.29, 0.717) is 29.9 Å². The van der Waals surface area contributed by atoms with Crippen molar-refractivity contribution in [1.29, 1.82) is 0 Å². The highest BCUT2D eigenvalue weighted by Crippen LogP contribution is 2.40. The molecule has 0 bridgehead atoms. The number of aliphatic hydroxyl groups is 1. The number of nitro benzene ring substituents is 1. The first-order chi connectivity index (χ1) is 8.63. The Morgan fingerprint density at radius 1 is 1.44 bits per heavy atom. The van der Waals surface area contributed by atoms with Crippen molar-refractivity contribution in [2.75, 3.05) is 13.4 Å². The van der Waals surface area contributed by atoms with E-state index in [2.05, 4.69) is 0 Å². The average Bonchev–Trinajstić information content (AvgIpc) is 2.81. The predicted octanol–water partition coefficient (Wildman–Crippen LogP) is 1.10. The fourth-order valence-corrected chi connectivity index (χ4v) is 1.87. The topological polar surface area (TPSA) is 108 Å². The number of ether oxygens (including phenoxy) is 2. The summed E-state index contributed by atoms with van der Waals surface area (Å²) in [4.78, 5) is 10.5. The summed E-state index contributed by atoms with van der Waals surface area (Å²) in [6.45, 7) is 0.0634. The number of fused-ring (bicyclic) bond motifs is 1. The Labute approximate surface area is 103 Å². The van der Waals surface area contributed by atoms with Crippen molar-refractivity contribution < 1.29 is 19.5 Å². The Morgan fingerprint density at radius 3 is 2.72 bits per heavy atom. The van der Waals surface area contributed by atoms with Crippen molar-refractivity contribution in [3.05, 3.63) is 27.8 Å². The van der Waals surface area contributed by atoms with E-state index in [9.17, 15) is 10.1 Å². The van der Waals surface area contributed by atoms with E-state index < -0.39 is 11.0 Å². The van der Waals surface area contributed by atoms with Crippen molar-refractivity contribution in [2.45, 2.75) is 18.9 Å². The van der Waals surface area contributed by atoms with E-state index in [0.717, 1.165) is 0 Å². The number of nitrogens with zero attached hydrogens (tertiary/aromatic N) is 1. The van der Waals surface area contributed by atoms with Gasteiger partial charge in [0.2, 0.25) is 6.79 Å². The molecule has 0 unspecified atom stereocenters. The van der Waals surface area contributed by atoms with Gasteiger partial charge in [-0.3, -0.25) is 10.1 Å². The van der Waals surface area contributed by atoms with Gasteiger partial charge in [-0.25, -0.2) is 0 Å². The maximum absolute atomic E-state index is 11.0. The van der Waals surface area contributed by atoms with Crippen molar-refractivity contribution in [3.8, 4) is 11.5 Å². The van der Waals surface area contributed by atoms with Crippen LogP contribution in [0.4, 0.5) is 5.69 Å². The number of hydrogen-bond donors (Lipinski definition) is 2. The van der Waals surface area contributed by atoms with Crippen LogP contribution in [0.2, 0.25) is 0 Å². The lowest BCUT2D eigenvalue weighted by molar-refractivity contribution is -0.385. The molecule has 0 aromatic heterocycles. The molecule has 1 aliphatic rings. The van der Waals surface area contributed by atoms with E-state index in [1.54, 1.807) is 6.07 Å². The normalized spacial score (nSPS) is 14.6. The molecule has 18 heavy (non-hydrogen) atoms. The van der Waals surface area contributed by atoms with Gasteiger partial charge in [0, 0.05) is 12.6 Å². The van der Waals surface area contributed by atoms with Crippen LogP contribution in [-0.4, -0.2) is 23.4 Å². The van der Waals surface area contributed by atoms with Gasteiger partial charge < -0.3 is 20.3 Å².